The van der Waals surface area contributed by atoms with E-state index in [4.69, 9.17) is 21.3 Å². The lowest BCUT2D eigenvalue weighted by molar-refractivity contribution is -0.142. The van der Waals surface area contributed by atoms with Gasteiger partial charge in [0.1, 0.15) is 24.5 Å². The third-order valence-electron chi connectivity index (χ3n) is 5.66. The Balaban J connectivity index is 1.49. The van der Waals surface area contributed by atoms with Crippen LogP contribution in [-0.2, 0) is 24.9 Å². The molecule has 0 bridgehead atoms. The maximum Gasteiger partial charge on any atom is 0.322 e. The first-order valence-electron chi connectivity index (χ1n) is 11.2. The fraction of sp³-hybridized carbons (Fsp3) is 0.364. The molecule has 1 saturated heterocycles. The molecule has 0 saturated carbocycles. The minimum atomic E-state index is -1.44. The zero-order chi connectivity index (χ0) is 26.5. The molecule has 37 heavy (non-hydrogen) atoms. The smallest absolute Gasteiger partial charge is 0.322 e. The number of carboxylic acids is 1. The number of hydrogen-bond acceptors (Lipinski definition) is 11. The first-order chi connectivity index (χ1) is 17.8. The molecule has 2 amide bonds. The molecule has 5 atom stereocenters. The molecule has 8 N–H and O–H groups in total. The number of aliphatic hydroxyl groups excluding tert-OH is 1. The first-order valence-corrected chi connectivity index (χ1v) is 12.4. The van der Waals surface area contributed by atoms with Gasteiger partial charge in [-0.1, -0.05) is 30.3 Å². The second-order valence-electron chi connectivity index (χ2n) is 8.27. The third kappa shape index (κ3) is 5.96. The van der Waals surface area contributed by atoms with Crippen molar-refractivity contribution in [3.05, 3.63) is 48.5 Å². The van der Waals surface area contributed by atoms with Crippen LogP contribution in [0.3, 0.4) is 0 Å². The molecule has 1 aromatic carbocycles. The van der Waals surface area contributed by atoms with E-state index in [2.05, 4.69) is 25.6 Å². The molecule has 0 aliphatic carbocycles. The number of thioether (sulfide) groups is 1. The van der Waals surface area contributed by atoms with E-state index in [0.29, 0.717) is 5.75 Å². The van der Waals surface area contributed by atoms with Crippen LogP contribution >= 0.6 is 11.8 Å². The number of aliphatic carboxylic acids is 1. The SMILES string of the molecule is Nc1ncnc2c1ncn2C1OC(C(=O)NCC(=O)O)C(NC(=O)C(N)CSCc2ccccc2)C1O. The molecule has 2 aromatic heterocycles. The molecular weight excluding hydrogens is 504 g/mol. The summed E-state index contributed by atoms with van der Waals surface area (Å²) in [6.07, 6.45) is -1.55. The fourth-order valence-electron chi connectivity index (χ4n) is 3.83. The second-order valence-corrected chi connectivity index (χ2v) is 9.30. The maximum atomic E-state index is 12.9. The van der Waals surface area contributed by atoms with Crippen LogP contribution in [0.2, 0.25) is 0 Å². The highest BCUT2D eigenvalue weighted by Gasteiger charge is 2.49. The van der Waals surface area contributed by atoms with Crippen LogP contribution in [0.25, 0.3) is 11.2 Å². The van der Waals surface area contributed by atoms with Gasteiger partial charge in [0.15, 0.2) is 23.8 Å². The number of benzene rings is 1. The summed E-state index contributed by atoms with van der Waals surface area (Å²) in [7, 11) is 0. The number of imidazole rings is 1. The van der Waals surface area contributed by atoms with Gasteiger partial charge >= 0.3 is 5.97 Å². The number of nitrogens with one attached hydrogen (secondary N) is 2. The van der Waals surface area contributed by atoms with E-state index >= 15 is 0 Å². The van der Waals surface area contributed by atoms with Crippen molar-refractivity contribution in [2.24, 2.45) is 5.73 Å². The Morgan fingerprint density at radius 1 is 1.19 bits per heavy atom. The van der Waals surface area contributed by atoms with E-state index in [1.165, 1.54) is 29.0 Å². The summed E-state index contributed by atoms with van der Waals surface area (Å²) in [4.78, 5) is 48.7. The van der Waals surface area contributed by atoms with Crippen molar-refractivity contribution in [3.63, 3.8) is 0 Å². The lowest BCUT2D eigenvalue weighted by Gasteiger charge is -2.23. The van der Waals surface area contributed by atoms with E-state index in [-0.39, 0.29) is 22.7 Å². The quantitative estimate of drug-likeness (QED) is 0.178. The number of anilines is 1. The van der Waals surface area contributed by atoms with Crippen molar-refractivity contribution in [2.45, 2.75) is 36.3 Å². The van der Waals surface area contributed by atoms with Crippen LogP contribution in [0.4, 0.5) is 5.82 Å². The van der Waals surface area contributed by atoms with Crippen LogP contribution in [0.1, 0.15) is 11.8 Å². The molecule has 3 aromatic rings. The summed E-state index contributed by atoms with van der Waals surface area (Å²) in [5, 5.41) is 24.8. The molecule has 196 valence electrons. The van der Waals surface area contributed by atoms with Gasteiger partial charge in [0, 0.05) is 11.5 Å². The van der Waals surface area contributed by atoms with Crippen LogP contribution in [0.15, 0.2) is 43.0 Å². The Hall–Kier alpha value is -3.79. The number of rotatable bonds is 10. The topological polar surface area (TPSA) is 221 Å². The highest BCUT2D eigenvalue weighted by Crippen LogP contribution is 2.32. The molecule has 1 aliphatic heterocycles. The van der Waals surface area contributed by atoms with E-state index < -0.39 is 54.8 Å². The van der Waals surface area contributed by atoms with Crippen LogP contribution in [0.5, 0.6) is 0 Å². The van der Waals surface area contributed by atoms with Gasteiger partial charge in [-0.3, -0.25) is 19.0 Å². The summed E-state index contributed by atoms with van der Waals surface area (Å²) in [5.74, 6) is -1.67. The predicted octanol–water partition coefficient (Wildman–Crippen LogP) is -1.39. The molecular formula is C22H26N8O6S. The molecule has 1 fully saturated rings. The first kappa shape index (κ1) is 26.3. The molecule has 0 radical (unpaired) electrons. The van der Waals surface area contributed by atoms with E-state index in [1.807, 2.05) is 30.3 Å². The third-order valence-corrected chi connectivity index (χ3v) is 6.79. The number of carbonyl (C=O) groups excluding carboxylic acids is 2. The molecule has 15 heteroatoms. The lowest BCUT2D eigenvalue weighted by atomic mass is 10.1. The van der Waals surface area contributed by atoms with Crippen LogP contribution in [0, 0.1) is 0 Å². The minimum Gasteiger partial charge on any atom is -0.480 e. The molecule has 3 heterocycles. The summed E-state index contributed by atoms with van der Waals surface area (Å²) >= 11 is 1.46. The van der Waals surface area contributed by atoms with Crippen LogP contribution < -0.4 is 22.1 Å². The van der Waals surface area contributed by atoms with Crippen molar-refractivity contribution in [1.82, 2.24) is 30.2 Å². The Morgan fingerprint density at radius 2 is 1.95 bits per heavy atom. The van der Waals surface area contributed by atoms with Crippen molar-refractivity contribution >= 4 is 46.5 Å². The average molecular weight is 531 g/mol. The minimum absolute atomic E-state index is 0.107. The number of fused-ring (bicyclic) bond motifs is 1. The van der Waals surface area contributed by atoms with Gasteiger partial charge in [-0.2, -0.15) is 11.8 Å². The van der Waals surface area contributed by atoms with E-state index in [1.54, 1.807) is 0 Å². The number of nitrogens with two attached hydrogens (primary N) is 2. The summed E-state index contributed by atoms with van der Waals surface area (Å²) in [6.45, 7) is -0.673. The number of nitrogen functional groups attached to an aromatic ring is 1. The van der Waals surface area contributed by atoms with Gasteiger partial charge in [-0.25, -0.2) is 15.0 Å². The average Bonchev–Trinajstić information content (AvgIpc) is 3.45. The standard InChI is InChI=1S/C22H26N8O6S/c23-12(8-37-7-11-4-2-1-3-5-11)20(34)29-14-16(33)22(36-17(14)21(35)25-6-13(31)32)30-10-28-15-18(24)26-9-27-19(15)30/h1-5,9-10,12,14,16-17,22,33H,6-8,23H2,(H,25,35)(H,29,34)(H,31,32)(H2,24,26,27). The molecule has 0 spiro atoms. The Morgan fingerprint density at radius 3 is 2.68 bits per heavy atom. The molecule has 5 unspecified atom stereocenters. The number of carbonyl (C=O) groups is 3. The molecule has 4 rings (SSSR count). The number of aliphatic hydroxyl groups is 1. The highest BCUT2D eigenvalue weighted by molar-refractivity contribution is 7.98. The number of amides is 2. The highest BCUT2D eigenvalue weighted by atomic mass is 32.2. The van der Waals surface area contributed by atoms with Crippen molar-refractivity contribution < 1.29 is 29.3 Å². The largest absolute Gasteiger partial charge is 0.480 e. The predicted molar refractivity (Wildman–Crippen MR) is 133 cm³/mol. The van der Waals surface area contributed by atoms with Crippen molar-refractivity contribution in [2.75, 3.05) is 18.0 Å². The number of ether oxygens (including phenoxy) is 1. The molecule has 1 aliphatic rings. The molecule has 14 nitrogen and oxygen atoms in total. The summed E-state index contributed by atoms with van der Waals surface area (Å²) in [6, 6.07) is 7.48. The van der Waals surface area contributed by atoms with Crippen LogP contribution in [-0.4, -0.2) is 84.1 Å². The number of nitrogens with zero attached hydrogens (tertiary/aromatic N) is 4. The van der Waals surface area contributed by atoms with Gasteiger partial charge in [-0.15, -0.1) is 0 Å². The van der Waals surface area contributed by atoms with Gasteiger partial charge in [0.25, 0.3) is 5.91 Å². The monoisotopic (exact) mass is 530 g/mol. The number of carboxylic acid groups (broad SMARTS) is 1. The van der Waals surface area contributed by atoms with Crippen molar-refractivity contribution in [1.29, 1.82) is 0 Å². The van der Waals surface area contributed by atoms with Gasteiger partial charge in [-0.05, 0) is 5.56 Å². The van der Waals surface area contributed by atoms with Gasteiger partial charge < -0.3 is 37.1 Å². The maximum absolute atomic E-state index is 12.9. The zero-order valence-electron chi connectivity index (χ0n) is 19.4. The summed E-state index contributed by atoms with van der Waals surface area (Å²) < 4.78 is 7.16. The van der Waals surface area contributed by atoms with E-state index in [9.17, 15) is 19.5 Å². The Labute approximate surface area is 214 Å². The zero-order valence-corrected chi connectivity index (χ0v) is 20.2. The number of aromatic nitrogens is 4. The lowest BCUT2D eigenvalue weighted by Crippen LogP contribution is -2.56. The van der Waals surface area contributed by atoms with Gasteiger partial charge in [0.2, 0.25) is 5.91 Å². The summed E-state index contributed by atoms with van der Waals surface area (Å²) in [5.41, 5.74) is 13.5. The fourth-order valence-corrected chi connectivity index (χ4v) is 4.78. The number of hydrogen-bond donors (Lipinski definition) is 6. The van der Waals surface area contributed by atoms with Gasteiger partial charge in [0.05, 0.1) is 18.4 Å². The van der Waals surface area contributed by atoms with Crippen molar-refractivity contribution in [3.8, 4) is 0 Å². The Kier molecular flexibility index (Phi) is 8.17. The second kappa shape index (κ2) is 11.5. The Bertz CT molecular complexity index is 1270. The normalized spacial score (nSPS) is 22.0. The van der Waals surface area contributed by atoms with E-state index in [0.717, 1.165) is 5.56 Å².